The molecule has 3 atom stereocenters. The van der Waals surface area contributed by atoms with Crippen LogP contribution in [-0.4, -0.2) is 42.5 Å². The number of halogens is 1. The van der Waals surface area contributed by atoms with Crippen molar-refractivity contribution in [3.8, 4) is 0 Å². The van der Waals surface area contributed by atoms with E-state index in [0.29, 0.717) is 12.2 Å². The number of oxazole rings is 1. The molecule has 1 aliphatic heterocycles. The number of rotatable bonds is 5. The Morgan fingerprint density at radius 2 is 2.07 bits per heavy atom. The highest BCUT2D eigenvalue weighted by Crippen LogP contribution is 2.46. The number of aromatic nitrogens is 5. The van der Waals surface area contributed by atoms with Gasteiger partial charge in [-0.3, -0.25) is 9.59 Å². The quantitative estimate of drug-likeness (QED) is 0.434. The molecular formula is C18H18ClN5O6. The summed E-state index contributed by atoms with van der Waals surface area (Å²) in [5, 5.41) is 0.107. The first kappa shape index (κ1) is 20.2. The molecule has 12 heteroatoms. The minimum absolute atomic E-state index is 0.107. The second-order valence-electron chi connectivity index (χ2n) is 6.63. The second kappa shape index (κ2) is 7.65. The van der Waals surface area contributed by atoms with Crippen molar-refractivity contribution in [2.75, 3.05) is 0 Å². The Morgan fingerprint density at radius 3 is 2.73 bits per heavy atom. The summed E-state index contributed by atoms with van der Waals surface area (Å²) in [6.45, 7) is 4.38. The first-order valence-corrected chi connectivity index (χ1v) is 9.55. The molecule has 158 valence electrons. The molecule has 1 aliphatic rings. The van der Waals surface area contributed by atoms with Gasteiger partial charge in [0, 0.05) is 26.7 Å². The zero-order chi connectivity index (χ0) is 21.5. The third-order valence-corrected chi connectivity index (χ3v) is 4.84. The van der Waals surface area contributed by atoms with Crippen LogP contribution in [0.2, 0.25) is 5.15 Å². The monoisotopic (exact) mass is 435 g/mol. The second-order valence-corrected chi connectivity index (χ2v) is 6.99. The van der Waals surface area contributed by atoms with Crippen molar-refractivity contribution in [2.45, 2.75) is 51.7 Å². The van der Waals surface area contributed by atoms with Gasteiger partial charge in [0.1, 0.15) is 30.0 Å². The largest absolute Gasteiger partial charge is 0.453 e. The zero-order valence-corrected chi connectivity index (χ0v) is 17.1. The third-order valence-electron chi connectivity index (χ3n) is 4.56. The van der Waals surface area contributed by atoms with Gasteiger partial charge in [-0.2, -0.15) is 0 Å². The van der Waals surface area contributed by atoms with Gasteiger partial charge in [-0.1, -0.05) is 18.5 Å². The van der Waals surface area contributed by atoms with Crippen molar-refractivity contribution in [2.24, 2.45) is 0 Å². The van der Waals surface area contributed by atoms with Gasteiger partial charge in [-0.15, -0.1) is 0 Å². The topological polar surface area (TPSA) is 131 Å². The van der Waals surface area contributed by atoms with E-state index in [1.165, 1.54) is 31.1 Å². The zero-order valence-electron chi connectivity index (χ0n) is 16.4. The van der Waals surface area contributed by atoms with Crippen LogP contribution in [0.1, 0.15) is 44.9 Å². The highest BCUT2D eigenvalue weighted by atomic mass is 35.5. The standard InChI is InChI=1S/C18H18ClN5O6/c1-4-11-6-20-17(28-11)12-5-13(27-9(2)25)18(30-12,29-10(3)26)24-8-23-14-15(19)21-7-22-16(14)24/h6-8,12-13H,4-5H2,1-3H3. The van der Waals surface area contributed by atoms with E-state index in [2.05, 4.69) is 19.9 Å². The fraction of sp³-hybridized carbons (Fsp3) is 0.444. The molecule has 3 unspecified atom stereocenters. The summed E-state index contributed by atoms with van der Waals surface area (Å²) in [6, 6.07) is 0. The number of aryl methyl sites for hydroxylation is 1. The molecular weight excluding hydrogens is 418 g/mol. The Kier molecular flexibility index (Phi) is 5.16. The fourth-order valence-corrected chi connectivity index (χ4v) is 3.55. The van der Waals surface area contributed by atoms with Crippen LogP contribution in [0.15, 0.2) is 23.3 Å². The number of fused-ring (bicyclic) bond motifs is 1. The first-order chi connectivity index (χ1) is 14.3. The van der Waals surface area contributed by atoms with E-state index in [1.54, 1.807) is 6.20 Å². The molecule has 3 aromatic rings. The normalized spacial score (nSPS) is 23.6. The molecule has 1 fully saturated rings. The molecule has 4 heterocycles. The summed E-state index contributed by atoms with van der Waals surface area (Å²) >= 11 is 6.11. The van der Waals surface area contributed by atoms with Crippen LogP contribution in [0.5, 0.6) is 0 Å². The number of hydrogen-bond donors (Lipinski definition) is 0. The minimum atomic E-state index is -1.89. The average Bonchev–Trinajstić information content (AvgIpc) is 3.39. The molecule has 11 nitrogen and oxygen atoms in total. The van der Waals surface area contributed by atoms with Crippen LogP contribution in [0.3, 0.4) is 0 Å². The summed E-state index contributed by atoms with van der Waals surface area (Å²) < 4.78 is 24.3. The lowest BCUT2D eigenvalue weighted by atomic mass is 10.1. The number of esters is 2. The summed E-state index contributed by atoms with van der Waals surface area (Å²) in [7, 11) is 0. The van der Waals surface area contributed by atoms with Gasteiger partial charge in [-0.05, 0) is 0 Å². The van der Waals surface area contributed by atoms with Gasteiger partial charge in [0.05, 0.1) is 6.20 Å². The van der Waals surface area contributed by atoms with Crippen molar-refractivity contribution in [1.29, 1.82) is 0 Å². The van der Waals surface area contributed by atoms with Crippen molar-refractivity contribution < 1.29 is 28.2 Å². The molecule has 0 aliphatic carbocycles. The highest BCUT2D eigenvalue weighted by molar-refractivity contribution is 6.33. The van der Waals surface area contributed by atoms with E-state index in [9.17, 15) is 9.59 Å². The Bertz CT molecular complexity index is 1110. The molecule has 0 N–H and O–H groups in total. The summed E-state index contributed by atoms with van der Waals surface area (Å²) in [5.41, 5.74) is 0.499. The smallest absolute Gasteiger partial charge is 0.343 e. The lowest BCUT2D eigenvalue weighted by Crippen LogP contribution is -2.47. The van der Waals surface area contributed by atoms with Gasteiger partial charge < -0.3 is 18.6 Å². The van der Waals surface area contributed by atoms with Crippen molar-refractivity contribution in [3.05, 3.63) is 35.7 Å². The van der Waals surface area contributed by atoms with E-state index >= 15 is 0 Å². The Morgan fingerprint density at radius 1 is 1.27 bits per heavy atom. The van der Waals surface area contributed by atoms with E-state index in [4.69, 9.17) is 30.2 Å². The predicted octanol–water partition coefficient (Wildman–Crippen LogP) is 2.30. The molecule has 4 rings (SSSR count). The maximum absolute atomic E-state index is 12.1. The molecule has 30 heavy (non-hydrogen) atoms. The number of carbonyl (C=O) groups is 2. The van der Waals surface area contributed by atoms with Crippen molar-refractivity contribution >= 4 is 34.7 Å². The Labute approximate surface area is 175 Å². The molecule has 0 amide bonds. The van der Waals surface area contributed by atoms with Crippen molar-refractivity contribution in [3.63, 3.8) is 0 Å². The SMILES string of the molecule is CCc1cnc(C2CC(OC(C)=O)C(OC(C)=O)(n3cnc4c(Cl)ncnc43)O2)o1. The van der Waals surface area contributed by atoms with Crippen LogP contribution in [0.4, 0.5) is 0 Å². The van der Waals surface area contributed by atoms with Crippen LogP contribution in [0, 0.1) is 0 Å². The maximum Gasteiger partial charge on any atom is 0.343 e. The van der Waals surface area contributed by atoms with Crippen LogP contribution >= 0.6 is 11.6 Å². The lowest BCUT2D eigenvalue weighted by Gasteiger charge is -2.33. The number of imidazole rings is 1. The van der Waals surface area contributed by atoms with Gasteiger partial charge in [-0.25, -0.2) is 24.5 Å². The lowest BCUT2D eigenvalue weighted by molar-refractivity contribution is -0.299. The number of carbonyl (C=O) groups excluding carboxylic acids is 2. The fourth-order valence-electron chi connectivity index (χ4n) is 3.37. The van der Waals surface area contributed by atoms with Gasteiger partial charge in [0.2, 0.25) is 5.89 Å². The molecule has 0 spiro atoms. The van der Waals surface area contributed by atoms with Gasteiger partial charge >= 0.3 is 17.8 Å². The molecule has 0 saturated carbocycles. The average molecular weight is 436 g/mol. The summed E-state index contributed by atoms with van der Waals surface area (Å²) in [6.07, 6.45) is 3.12. The predicted molar refractivity (Wildman–Crippen MR) is 100.0 cm³/mol. The molecule has 3 aromatic heterocycles. The van der Waals surface area contributed by atoms with Crippen molar-refractivity contribution in [1.82, 2.24) is 24.5 Å². The molecule has 0 bridgehead atoms. The minimum Gasteiger partial charge on any atom is -0.453 e. The Balaban J connectivity index is 1.86. The van der Waals surface area contributed by atoms with Crippen LogP contribution in [-0.2, 0) is 36.1 Å². The highest BCUT2D eigenvalue weighted by Gasteiger charge is 2.58. The maximum atomic E-state index is 12.1. The van der Waals surface area contributed by atoms with E-state index < -0.39 is 30.1 Å². The Hall–Kier alpha value is -3.05. The number of hydrogen-bond acceptors (Lipinski definition) is 10. The van der Waals surface area contributed by atoms with E-state index in [1.807, 2.05) is 6.92 Å². The number of nitrogens with zero attached hydrogens (tertiary/aromatic N) is 5. The summed E-state index contributed by atoms with van der Waals surface area (Å²) in [4.78, 5) is 40.4. The van der Waals surface area contributed by atoms with E-state index in [-0.39, 0.29) is 28.6 Å². The molecule has 0 radical (unpaired) electrons. The molecule has 0 aromatic carbocycles. The van der Waals surface area contributed by atoms with Crippen LogP contribution in [0.25, 0.3) is 11.2 Å². The first-order valence-electron chi connectivity index (χ1n) is 9.17. The summed E-state index contributed by atoms with van der Waals surface area (Å²) in [5.74, 6) is -2.21. The molecule has 1 saturated heterocycles. The number of ether oxygens (including phenoxy) is 3. The van der Waals surface area contributed by atoms with Gasteiger partial charge in [0.25, 0.3) is 0 Å². The third kappa shape index (κ3) is 3.39. The van der Waals surface area contributed by atoms with Gasteiger partial charge in [0.15, 0.2) is 16.9 Å². The van der Waals surface area contributed by atoms with Crippen LogP contribution < -0.4 is 0 Å². The van der Waals surface area contributed by atoms with E-state index in [0.717, 1.165) is 0 Å².